The van der Waals surface area contributed by atoms with Crippen LogP contribution in [0.5, 0.6) is 0 Å². The van der Waals surface area contributed by atoms with E-state index in [1.165, 1.54) is 0 Å². The summed E-state index contributed by atoms with van der Waals surface area (Å²) in [6.07, 6.45) is 1.50. The van der Waals surface area contributed by atoms with Crippen molar-refractivity contribution in [1.82, 2.24) is 10.2 Å². The number of benzene rings is 2. The smallest absolute Gasteiger partial charge is 0.321 e. The van der Waals surface area contributed by atoms with E-state index in [1.54, 1.807) is 29.2 Å². The zero-order valence-electron chi connectivity index (χ0n) is 18.3. The number of rotatable bonds is 5. The van der Waals surface area contributed by atoms with Crippen LogP contribution in [0, 0.1) is 12.8 Å². The lowest BCUT2D eigenvalue weighted by Gasteiger charge is -2.32. The first-order valence-corrected chi connectivity index (χ1v) is 10.7. The van der Waals surface area contributed by atoms with Gasteiger partial charge in [0.25, 0.3) is 5.91 Å². The molecular formula is C24H30N4O3. The Labute approximate surface area is 183 Å². The van der Waals surface area contributed by atoms with Gasteiger partial charge in [0.15, 0.2) is 0 Å². The van der Waals surface area contributed by atoms with Crippen LogP contribution in [-0.4, -0.2) is 41.9 Å². The number of anilines is 2. The van der Waals surface area contributed by atoms with Gasteiger partial charge in [0.2, 0.25) is 5.91 Å². The fourth-order valence-electron chi connectivity index (χ4n) is 3.60. The van der Waals surface area contributed by atoms with E-state index < -0.39 is 0 Å². The van der Waals surface area contributed by atoms with Crippen LogP contribution >= 0.6 is 0 Å². The second kappa shape index (κ2) is 10.1. The standard InChI is InChI=1S/C24H30N4O3/c1-16(2)25-22(29)18-9-11-20(12-10-18)26-23(30)19-7-5-13-28(15-19)24(31)27-21-8-4-6-17(3)14-21/h4,6,8-12,14,16,19H,5,7,13,15H2,1-3H3,(H,25,29)(H,26,30)(H,27,31). The van der Waals surface area contributed by atoms with Crippen molar-refractivity contribution in [2.75, 3.05) is 23.7 Å². The third-order valence-corrected chi connectivity index (χ3v) is 5.18. The third-order valence-electron chi connectivity index (χ3n) is 5.18. The minimum Gasteiger partial charge on any atom is -0.350 e. The van der Waals surface area contributed by atoms with Crippen LogP contribution in [0.15, 0.2) is 48.5 Å². The number of likely N-dealkylation sites (tertiary alicyclic amines) is 1. The highest BCUT2D eigenvalue weighted by molar-refractivity contribution is 5.97. The molecule has 0 radical (unpaired) electrons. The summed E-state index contributed by atoms with van der Waals surface area (Å²) < 4.78 is 0. The van der Waals surface area contributed by atoms with E-state index in [4.69, 9.17) is 0 Å². The van der Waals surface area contributed by atoms with E-state index in [0.29, 0.717) is 24.3 Å². The molecule has 0 aromatic heterocycles. The van der Waals surface area contributed by atoms with Gasteiger partial charge in [0.1, 0.15) is 0 Å². The van der Waals surface area contributed by atoms with Gasteiger partial charge in [-0.15, -0.1) is 0 Å². The van der Waals surface area contributed by atoms with Crippen LogP contribution in [0.3, 0.4) is 0 Å². The second-order valence-electron chi connectivity index (χ2n) is 8.28. The van der Waals surface area contributed by atoms with Crippen molar-refractivity contribution >= 4 is 29.2 Å². The van der Waals surface area contributed by atoms with Crippen LogP contribution in [-0.2, 0) is 4.79 Å². The summed E-state index contributed by atoms with van der Waals surface area (Å²) in [5.41, 5.74) is 3.00. The largest absolute Gasteiger partial charge is 0.350 e. The highest BCUT2D eigenvalue weighted by atomic mass is 16.2. The quantitative estimate of drug-likeness (QED) is 0.680. The molecule has 7 nitrogen and oxygen atoms in total. The molecule has 1 aliphatic rings. The molecule has 1 fully saturated rings. The maximum atomic E-state index is 12.8. The average Bonchev–Trinajstić information content (AvgIpc) is 2.74. The molecule has 1 saturated heterocycles. The number of nitrogens with one attached hydrogen (secondary N) is 3. The van der Waals surface area contributed by atoms with Crippen LogP contribution in [0.25, 0.3) is 0 Å². The van der Waals surface area contributed by atoms with Gasteiger partial charge in [0, 0.05) is 36.1 Å². The number of urea groups is 1. The molecule has 0 saturated carbocycles. The first-order chi connectivity index (χ1) is 14.8. The Balaban J connectivity index is 1.55. The lowest BCUT2D eigenvalue weighted by molar-refractivity contribution is -0.121. The van der Waals surface area contributed by atoms with Gasteiger partial charge in [-0.3, -0.25) is 9.59 Å². The Bertz CT molecular complexity index is 940. The number of piperidine rings is 1. The molecular weight excluding hydrogens is 392 g/mol. The van der Waals surface area contributed by atoms with Crippen molar-refractivity contribution in [1.29, 1.82) is 0 Å². The first kappa shape index (κ1) is 22.3. The number of aryl methyl sites for hydroxylation is 1. The van der Waals surface area contributed by atoms with E-state index in [2.05, 4.69) is 16.0 Å². The number of carbonyl (C=O) groups is 3. The molecule has 0 bridgehead atoms. The molecule has 1 unspecified atom stereocenters. The SMILES string of the molecule is Cc1cccc(NC(=O)N2CCCC(C(=O)Nc3ccc(C(=O)NC(C)C)cc3)C2)c1. The van der Waals surface area contributed by atoms with E-state index >= 15 is 0 Å². The van der Waals surface area contributed by atoms with Gasteiger partial charge >= 0.3 is 6.03 Å². The van der Waals surface area contributed by atoms with Crippen LogP contribution in [0.1, 0.15) is 42.6 Å². The summed E-state index contributed by atoms with van der Waals surface area (Å²) >= 11 is 0. The highest BCUT2D eigenvalue weighted by Gasteiger charge is 2.28. The monoisotopic (exact) mass is 422 g/mol. The molecule has 0 aliphatic carbocycles. The molecule has 2 aromatic rings. The Morgan fingerprint density at radius 3 is 2.42 bits per heavy atom. The maximum absolute atomic E-state index is 12.8. The number of hydrogen-bond donors (Lipinski definition) is 3. The van der Waals surface area contributed by atoms with Crippen molar-refractivity contribution < 1.29 is 14.4 Å². The fraction of sp³-hybridized carbons (Fsp3) is 0.375. The summed E-state index contributed by atoms with van der Waals surface area (Å²) in [7, 11) is 0. The van der Waals surface area contributed by atoms with Gasteiger partial charge in [-0.1, -0.05) is 12.1 Å². The van der Waals surface area contributed by atoms with Crippen molar-refractivity contribution in [2.24, 2.45) is 5.92 Å². The first-order valence-electron chi connectivity index (χ1n) is 10.7. The molecule has 164 valence electrons. The number of amides is 4. The molecule has 1 heterocycles. The molecule has 2 aromatic carbocycles. The maximum Gasteiger partial charge on any atom is 0.321 e. The highest BCUT2D eigenvalue weighted by Crippen LogP contribution is 2.20. The molecule has 1 atom stereocenters. The summed E-state index contributed by atoms with van der Waals surface area (Å²) in [6.45, 7) is 6.78. The predicted molar refractivity (Wildman–Crippen MR) is 122 cm³/mol. The third kappa shape index (κ3) is 6.31. The molecule has 0 spiro atoms. The molecule has 31 heavy (non-hydrogen) atoms. The number of hydrogen-bond acceptors (Lipinski definition) is 3. The second-order valence-corrected chi connectivity index (χ2v) is 8.28. The zero-order valence-corrected chi connectivity index (χ0v) is 18.3. The summed E-state index contributed by atoms with van der Waals surface area (Å²) in [5, 5.41) is 8.65. The Morgan fingerprint density at radius 2 is 1.74 bits per heavy atom. The van der Waals surface area contributed by atoms with Crippen LogP contribution in [0.2, 0.25) is 0 Å². The predicted octanol–water partition coefficient (Wildman–Crippen LogP) is 4.02. The van der Waals surface area contributed by atoms with Crippen LogP contribution in [0.4, 0.5) is 16.2 Å². The van der Waals surface area contributed by atoms with E-state index in [0.717, 1.165) is 24.1 Å². The normalized spacial score (nSPS) is 16.0. The van der Waals surface area contributed by atoms with Gasteiger partial charge in [-0.05, 0) is 75.6 Å². The molecule has 3 rings (SSSR count). The van der Waals surface area contributed by atoms with Gasteiger partial charge in [-0.25, -0.2) is 4.79 Å². The summed E-state index contributed by atoms with van der Waals surface area (Å²) in [5.74, 6) is -0.538. The molecule has 1 aliphatic heterocycles. The Hall–Kier alpha value is -3.35. The van der Waals surface area contributed by atoms with E-state index in [9.17, 15) is 14.4 Å². The fourth-order valence-corrected chi connectivity index (χ4v) is 3.60. The van der Waals surface area contributed by atoms with Crippen molar-refractivity contribution in [2.45, 2.75) is 39.7 Å². The molecule has 7 heteroatoms. The van der Waals surface area contributed by atoms with Crippen molar-refractivity contribution in [3.05, 3.63) is 59.7 Å². The minimum atomic E-state index is -0.277. The Kier molecular flexibility index (Phi) is 7.28. The molecule has 4 amide bonds. The lowest BCUT2D eigenvalue weighted by atomic mass is 9.97. The lowest BCUT2D eigenvalue weighted by Crippen LogP contribution is -2.45. The van der Waals surface area contributed by atoms with Crippen LogP contribution < -0.4 is 16.0 Å². The molecule has 3 N–H and O–H groups in total. The van der Waals surface area contributed by atoms with Crippen molar-refractivity contribution in [3.8, 4) is 0 Å². The van der Waals surface area contributed by atoms with Crippen molar-refractivity contribution in [3.63, 3.8) is 0 Å². The summed E-state index contributed by atoms with van der Waals surface area (Å²) in [6, 6.07) is 14.3. The topological polar surface area (TPSA) is 90.5 Å². The van der Waals surface area contributed by atoms with Gasteiger partial charge < -0.3 is 20.9 Å². The van der Waals surface area contributed by atoms with Gasteiger partial charge in [0.05, 0.1) is 5.92 Å². The zero-order chi connectivity index (χ0) is 22.4. The Morgan fingerprint density at radius 1 is 1.00 bits per heavy atom. The van der Waals surface area contributed by atoms with E-state index in [1.807, 2.05) is 45.0 Å². The summed E-state index contributed by atoms with van der Waals surface area (Å²) in [4.78, 5) is 39.1. The van der Waals surface area contributed by atoms with E-state index in [-0.39, 0.29) is 29.8 Å². The number of nitrogens with zero attached hydrogens (tertiary/aromatic N) is 1. The average molecular weight is 423 g/mol. The minimum absolute atomic E-state index is 0.0595. The number of carbonyl (C=O) groups excluding carboxylic acids is 3. The van der Waals surface area contributed by atoms with Gasteiger partial charge in [-0.2, -0.15) is 0 Å².